The molecule has 0 aliphatic carbocycles. The Morgan fingerprint density at radius 2 is 1.74 bits per heavy atom. The summed E-state index contributed by atoms with van der Waals surface area (Å²) in [5.41, 5.74) is 4.83. The molecule has 19 heavy (non-hydrogen) atoms. The molecule has 3 N–H and O–H groups in total. The number of hydrogen-bond acceptors (Lipinski definition) is 2. The summed E-state index contributed by atoms with van der Waals surface area (Å²) >= 11 is 0. The summed E-state index contributed by atoms with van der Waals surface area (Å²) < 4.78 is 39.7. The van der Waals surface area contributed by atoms with Crippen LogP contribution in [0.2, 0.25) is 0 Å². The third-order valence-corrected chi connectivity index (χ3v) is 2.41. The third kappa shape index (κ3) is 2.85. The second-order valence-corrected chi connectivity index (χ2v) is 3.82. The normalized spacial score (nSPS) is 10.3. The van der Waals surface area contributed by atoms with Crippen molar-refractivity contribution in [3.05, 3.63) is 59.4 Å². The predicted octanol–water partition coefficient (Wildman–Crippen LogP) is 2.94. The molecule has 1 amide bonds. The Morgan fingerprint density at radius 3 is 2.42 bits per heavy atom. The molecule has 0 radical (unpaired) electrons. The monoisotopic (exact) mass is 266 g/mol. The van der Waals surface area contributed by atoms with Crippen molar-refractivity contribution < 1.29 is 18.0 Å². The predicted molar refractivity (Wildman–Crippen MR) is 65.1 cm³/mol. The van der Waals surface area contributed by atoms with E-state index >= 15 is 0 Å². The molecule has 2 aromatic rings. The standard InChI is InChI=1S/C13H9F3N2O/c14-7-1-4-10(15)12(5-7)18-13(19)9-3-2-8(17)6-11(9)16/h1-6H,17H2,(H,18,19). The minimum atomic E-state index is -0.887. The van der Waals surface area contributed by atoms with E-state index in [0.717, 1.165) is 30.3 Å². The smallest absolute Gasteiger partial charge is 0.258 e. The summed E-state index contributed by atoms with van der Waals surface area (Å²) in [6.07, 6.45) is 0. The van der Waals surface area contributed by atoms with Gasteiger partial charge in [-0.25, -0.2) is 13.2 Å². The van der Waals surface area contributed by atoms with Crippen LogP contribution in [-0.2, 0) is 0 Å². The lowest BCUT2D eigenvalue weighted by Crippen LogP contribution is -2.15. The maximum absolute atomic E-state index is 13.5. The van der Waals surface area contributed by atoms with E-state index in [4.69, 9.17) is 5.73 Å². The van der Waals surface area contributed by atoms with Gasteiger partial charge >= 0.3 is 0 Å². The highest BCUT2D eigenvalue weighted by Gasteiger charge is 2.14. The molecule has 0 saturated heterocycles. The van der Waals surface area contributed by atoms with Gasteiger partial charge < -0.3 is 11.1 Å². The van der Waals surface area contributed by atoms with E-state index in [0.29, 0.717) is 0 Å². The van der Waals surface area contributed by atoms with Crippen molar-refractivity contribution in [3.63, 3.8) is 0 Å². The molecule has 0 fully saturated rings. The maximum Gasteiger partial charge on any atom is 0.258 e. The van der Waals surface area contributed by atoms with Crippen LogP contribution in [0.4, 0.5) is 24.5 Å². The Kier molecular flexibility index (Phi) is 3.41. The molecule has 0 aliphatic heterocycles. The topological polar surface area (TPSA) is 55.1 Å². The lowest BCUT2D eigenvalue weighted by molar-refractivity contribution is 0.102. The SMILES string of the molecule is Nc1ccc(C(=O)Nc2cc(F)ccc2F)c(F)c1. The molecule has 0 spiro atoms. The summed E-state index contributed by atoms with van der Waals surface area (Å²) in [5, 5.41) is 2.09. The Balaban J connectivity index is 2.28. The molecule has 0 unspecified atom stereocenters. The van der Waals surface area contributed by atoms with Crippen molar-refractivity contribution in [2.45, 2.75) is 0 Å². The van der Waals surface area contributed by atoms with Crippen molar-refractivity contribution in [1.29, 1.82) is 0 Å². The van der Waals surface area contributed by atoms with Gasteiger partial charge in [0, 0.05) is 11.8 Å². The van der Waals surface area contributed by atoms with Crippen molar-refractivity contribution in [3.8, 4) is 0 Å². The fraction of sp³-hybridized carbons (Fsp3) is 0. The fourth-order valence-corrected chi connectivity index (χ4v) is 1.50. The fourth-order valence-electron chi connectivity index (χ4n) is 1.50. The summed E-state index contributed by atoms with van der Waals surface area (Å²) in [6.45, 7) is 0. The van der Waals surface area contributed by atoms with Crippen molar-refractivity contribution in [2.75, 3.05) is 11.1 Å². The lowest BCUT2D eigenvalue weighted by Gasteiger charge is -2.07. The Bertz CT molecular complexity index is 644. The third-order valence-electron chi connectivity index (χ3n) is 2.41. The van der Waals surface area contributed by atoms with Gasteiger partial charge in [-0.2, -0.15) is 0 Å². The van der Waals surface area contributed by atoms with Crippen LogP contribution in [0, 0.1) is 17.5 Å². The van der Waals surface area contributed by atoms with Crippen LogP contribution in [0.5, 0.6) is 0 Å². The van der Waals surface area contributed by atoms with Gasteiger partial charge in [-0.3, -0.25) is 4.79 Å². The Labute approximate surface area is 106 Å². The zero-order valence-electron chi connectivity index (χ0n) is 9.58. The van der Waals surface area contributed by atoms with Crippen LogP contribution in [0.1, 0.15) is 10.4 Å². The summed E-state index contributed by atoms with van der Waals surface area (Å²) in [6, 6.07) is 6.05. The van der Waals surface area contributed by atoms with E-state index in [1.165, 1.54) is 6.07 Å². The molecule has 0 saturated carbocycles. The van der Waals surface area contributed by atoms with Crippen LogP contribution in [-0.4, -0.2) is 5.91 Å². The lowest BCUT2D eigenvalue weighted by atomic mass is 10.1. The molecule has 3 nitrogen and oxygen atoms in total. The second-order valence-electron chi connectivity index (χ2n) is 3.82. The number of anilines is 2. The molecule has 0 aromatic heterocycles. The number of benzene rings is 2. The first kappa shape index (κ1) is 12.9. The van der Waals surface area contributed by atoms with Crippen LogP contribution in [0.3, 0.4) is 0 Å². The number of nitrogens with one attached hydrogen (secondary N) is 1. The number of nitrogen functional groups attached to an aromatic ring is 1. The minimum absolute atomic E-state index is 0.158. The molecule has 6 heteroatoms. The Hall–Kier alpha value is -2.50. The summed E-state index contributed by atoms with van der Waals surface area (Å²) in [5.74, 6) is -3.25. The molecular formula is C13H9F3N2O. The number of rotatable bonds is 2. The zero-order chi connectivity index (χ0) is 14.0. The zero-order valence-corrected chi connectivity index (χ0v) is 9.58. The van der Waals surface area contributed by atoms with Gasteiger partial charge in [0.2, 0.25) is 0 Å². The summed E-state index contributed by atoms with van der Waals surface area (Å²) in [7, 11) is 0. The van der Waals surface area contributed by atoms with Gasteiger partial charge in [0.1, 0.15) is 17.5 Å². The maximum atomic E-state index is 13.5. The van der Waals surface area contributed by atoms with Gasteiger partial charge in [-0.15, -0.1) is 0 Å². The first-order valence-electron chi connectivity index (χ1n) is 5.29. The average Bonchev–Trinajstić information content (AvgIpc) is 2.33. The molecule has 0 aliphatic rings. The van der Waals surface area contributed by atoms with Gasteiger partial charge in [-0.05, 0) is 30.3 Å². The van der Waals surface area contributed by atoms with Gasteiger partial charge in [-0.1, -0.05) is 0 Å². The number of carbonyl (C=O) groups excluding carboxylic acids is 1. The number of halogens is 3. The highest BCUT2D eigenvalue weighted by Crippen LogP contribution is 2.18. The van der Waals surface area contributed by atoms with Crippen LogP contribution >= 0.6 is 0 Å². The van der Waals surface area contributed by atoms with Crippen LogP contribution in [0.25, 0.3) is 0 Å². The number of amides is 1. The highest BCUT2D eigenvalue weighted by molar-refractivity contribution is 6.04. The molecule has 0 atom stereocenters. The van der Waals surface area contributed by atoms with E-state index < -0.39 is 23.4 Å². The molecule has 98 valence electrons. The molecule has 2 rings (SSSR count). The minimum Gasteiger partial charge on any atom is -0.399 e. The summed E-state index contributed by atoms with van der Waals surface area (Å²) in [4.78, 5) is 11.7. The number of hydrogen-bond donors (Lipinski definition) is 2. The number of nitrogens with two attached hydrogens (primary N) is 1. The first-order valence-corrected chi connectivity index (χ1v) is 5.29. The van der Waals surface area contributed by atoms with Crippen LogP contribution < -0.4 is 11.1 Å². The molecule has 2 aromatic carbocycles. The molecule has 0 bridgehead atoms. The highest BCUT2D eigenvalue weighted by atomic mass is 19.1. The quantitative estimate of drug-likeness (QED) is 0.821. The largest absolute Gasteiger partial charge is 0.399 e. The van der Waals surface area contributed by atoms with Gasteiger partial charge in [0.15, 0.2) is 0 Å². The van der Waals surface area contributed by atoms with E-state index in [2.05, 4.69) is 5.32 Å². The van der Waals surface area contributed by atoms with E-state index in [9.17, 15) is 18.0 Å². The average molecular weight is 266 g/mol. The molecular weight excluding hydrogens is 257 g/mol. The first-order chi connectivity index (χ1) is 8.97. The van der Waals surface area contributed by atoms with Crippen LogP contribution in [0.15, 0.2) is 36.4 Å². The number of carbonyl (C=O) groups is 1. The van der Waals surface area contributed by atoms with E-state index in [1.807, 2.05) is 0 Å². The van der Waals surface area contributed by atoms with Crippen molar-refractivity contribution in [2.24, 2.45) is 0 Å². The second kappa shape index (κ2) is 5.01. The Morgan fingerprint density at radius 1 is 1.00 bits per heavy atom. The van der Waals surface area contributed by atoms with Gasteiger partial charge in [0.05, 0.1) is 11.3 Å². The van der Waals surface area contributed by atoms with Crippen molar-refractivity contribution >= 4 is 17.3 Å². The van der Waals surface area contributed by atoms with Gasteiger partial charge in [0.25, 0.3) is 5.91 Å². The molecule has 0 heterocycles. The van der Waals surface area contributed by atoms with Crippen molar-refractivity contribution in [1.82, 2.24) is 0 Å². The van der Waals surface area contributed by atoms with E-state index in [1.54, 1.807) is 0 Å². The van der Waals surface area contributed by atoms with E-state index in [-0.39, 0.29) is 16.9 Å².